The van der Waals surface area contributed by atoms with Gasteiger partial charge in [0.1, 0.15) is 0 Å². The lowest BCUT2D eigenvalue weighted by Crippen LogP contribution is -2.44. The number of rotatable bonds is 1. The molecule has 1 aromatic rings. The molecule has 0 aliphatic carbocycles. The fraction of sp³-hybridized carbons (Fsp3) is 0.364. The molecule has 1 atom stereocenters. The van der Waals surface area contributed by atoms with E-state index in [-0.39, 0.29) is 17.0 Å². The first-order chi connectivity index (χ1) is 8.11. The van der Waals surface area contributed by atoms with Gasteiger partial charge in [-0.1, -0.05) is 41.0 Å². The Labute approximate surface area is 130 Å². The highest BCUT2D eigenvalue weighted by Gasteiger charge is 2.45. The molecule has 2 aliphatic heterocycles. The van der Waals surface area contributed by atoms with Crippen molar-refractivity contribution in [2.45, 2.75) is 5.72 Å². The third-order valence-electron chi connectivity index (χ3n) is 3.04. The standard InChI is InChI=1S/C11H10Cl2N2OS.BrH/c12-8-2-1-7(5-9(8)13)11(16)6-14-10-15(11)3-4-17-10;/h1-2,5,16H,3-4,6H2;1H. The van der Waals surface area contributed by atoms with Gasteiger partial charge in [-0.25, -0.2) is 0 Å². The fourth-order valence-electron chi connectivity index (χ4n) is 2.13. The van der Waals surface area contributed by atoms with Crippen LogP contribution in [0.25, 0.3) is 0 Å². The van der Waals surface area contributed by atoms with Crippen LogP contribution in [0.4, 0.5) is 0 Å². The highest BCUT2D eigenvalue weighted by Crippen LogP contribution is 2.39. The molecule has 1 saturated heterocycles. The van der Waals surface area contributed by atoms with E-state index in [4.69, 9.17) is 23.2 Å². The number of halogens is 3. The number of thioether (sulfide) groups is 1. The van der Waals surface area contributed by atoms with Gasteiger partial charge in [0.2, 0.25) is 0 Å². The van der Waals surface area contributed by atoms with Gasteiger partial charge in [-0.05, 0) is 12.1 Å². The van der Waals surface area contributed by atoms with E-state index in [1.165, 1.54) is 0 Å². The van der Waals surface area contributed by atoms with Crippen LogP contribution in [0.5, 0.6) is 0 Å². The molecule has 1 aromatic carbocycles. The molecule has 3 nitrogen and oxygen atoms in total. The maximum absolute atomic E-state index is 10.7. The molecule has 2 aliphatic rings. The number of hydrogen-bond acceptors (Lipinski definition) is 4. The summed E-state index contributed by atoms with van der Waals surface area (Å²) < 4.78 is 0. The van der Waals surface area contributed by atoms with E-state index in [0.717, 1.165) is 23.0 Å². The molecule has 0 amide bonds. The van der Waals surface area contributed by atoms with Gasteiger partial charge < -0.3 is 10.0 Å². The van der Waals surface area contributed by atoms with Crippen LogP contribution in [-0.2, 0) is 5.72 Å². The monoisotopic (exact) mass is 368 g/mol. The van der Waals surface area contributed by atoms with Crippen molar-refractivity contribution in [3.8, 4) is 0 Å². The molecule has 0 spiro atoms. The Kier molecular flexibility index (Phi) is 4.19. The van der Waals surface area contributed by atoms with Crippen molar-refractivity contribution in [2.75, 3.05) is 18.8 Å². The molecule has 0 bridgehead atoms. The van der Waals surface area contributed by atoms with Crippen molar-refractivity contribution in [3.05, 3.63) is 33.8 Å². The third-order valence-corrected chi connectivity index (χ3v) is 4.77. The maximum atomic E-state index is 10.7. The smallest absolute Gasteiger partial charge is 0.186 e. The quantitative estimate of drug-likeness (QED) is 0.825. The average Bonchev–Trinajstić information content (AvgIpc) is 2.88. The van der Waals surface area contributed by atoms with E-state index in [2.05, 4.69) is 4.99 Å². The number of amidine groups is 1. The number of aliphatic imine (C=N–C) groups is 1. The van der Waals surface area contributed by atoms with Gasteiger partial charge in [-0.3, -0.25) is 4.99 Å². The number of nitrogens with zero attached hydrogens (tertiary/aromatic N) is 2. The number of hydrogen-bond donors (Lipinski definition) is 1. The minimum Gasteiger partial charge on any atom is -0.365 e. The second-order valence-corrected chi connectivity index (χ2v) is 5.92. The molecule has 1 fully saturated rings. The zero-order valence-corrected chi connectivity index (χ0v) is 13.3. The first-order valence-corrected chi connectivity index (χ1v) is 6.98. The summed E-state index contributed by atoms with van der Waals surface area (Å²) in [6.45, 7) is 1.16. The van der Waals surface area contributed by atoms with Gasteiger partial charge in [0.05, 0.1) is 16.6 Å². The van der Waals surface area contributed by atoms with E-state index >= 15 is 0 Å². The van der Waals surface area contributed by atoms with Gasteiger partial charge >= 0.3 is 0 Å². The average molecular weight is 370 g/mol. The summed E-state index contributed by atoms with van der Waals surface area (Å²) in [4.78, 5) is 6.29. The number of benzene rings is 1. The second-order valence-electron chi connectivity index (χ2n) is 4.04. The van der Waals surface area contributed by atoms with Crippen molar-refractivity contribution < 1.29 is 5.11 Å². The highest BCUT2D eigenvalue weighted by atomic mass is 79.9. The highest BCUT2D eigenvalue weighted by molar-refractivity contribution is 8.93. The van der Waals surface area contributed by atoms with Crippen molar-refractivity contribution in [2.24, 2.45) is 4.99 Å². The summed E-state index contributed by atoms with van der Waals surface area (Å²) in [5, 5.41) is 12.6. The van der Waals surface area contributed by atoms with Crippen molar-refractivity contribution in [1.29, 1.82) is 0 Å². The lowest BCUT2D eigenvalue weighted by Gasteiger charge is -2.32. The van der Waals surface area contributed by atoms with Gasteiger partial charge in [0.25, 0.3) is 0 Å². The SMILES string of the molecule is Br.OC1(c2ccc(Cl)c(Cl)c2)CN=C2SCCN21. The largest absolute Gasteiger partial charge is 0.365 e. The Balaban J connectivity index is 0.00000120. The van der Waals surface area contributed by atoms with Crippen LogP contribution in [0, 0.1) is 0 Å². The Morgan fingerprint density at radius 1 is 1.33 bits per heavy atom. The van der Waals surface area contributed by atoms with Gasteiger partial charge in [-0.15, -0.1) is 17.0 Å². The number of aliphatic hydroxyl groups is 1. The molecule has 0 saturated carbocycles. The van der Waals surface area contributed by atoms with E-state index in [1.54, 1.807) is 30.0 Å². The predicted molar refractivity (Wildman–Crippen MR) is 82.1 cm³/mol. The van der Waals surface area contributed by atoms with E-state index in [0.29, 0.717) is 16.6 Å². The molecule has 0 radical (unpaired) electrons. The Bertz CT molecular complexity index is 514. The van der Waals surface area contributed by atoms with Crippen LogP contribution in [0.15, 0.2) is 23.2 Å². The summed E-state index contributed by atoms with van der Waals surface area (Å²) in [7, 11) is 0. The summed E-state index contributed by atoms with van der Waals surface area (Å²) in [5.41, 5.74) is -0.319. The second kappa shape index (κ2) is 5.21. The Morgan fingerprint density at radius 2 is 2.11 bits per heavy atom. The van der Waals surface area contributed by atoms with Crippen LogP contribution >= 0.6 is 51.9 Å². The molecular weight excluding hydrogens is 359 g/mol. The number of fused-ring (bicyclic) bond motifs is 1. The summed E-state index contributed by atoms with van der Waals surface area (Å²) in [6, 6.07) is 5.22. The van der Waals surface area contributed by atoms with Gasteiger partial charge in [-0.2, -0.15) is 0 Å². The van der Waals surface area contributed by atoms with Crippen LogP contribution in [0.3, 0.4) is 0 Å². The summed E-state index contributed by atoms with van der Waals surface area (Å²) >= 11 is 13.6. The van der Waals surface area contributed by atoms with E-state index < -0.39 is 5.72 Å². The minimum absolute atomic E-state index is 0. The van der Waals surface area contributed by atoms with Crippen molar-refractivity contribution in [3.63, 3.8) is 0 Å². The normalized spacial score (nSPS) is 25.7. The van der Waals surface area contributed by atoms with Crippen molar-refractivity contribution >= 4 is 57.1 Å². The molecule has 18 heavy (non-hydrogen) atoms. The summed E-state index contributed by atoms with van der Waals surface area (Å²) in [5.74, 6) is 0.961. The minimum atomic E-state index is -1.06. The molecule has 2 heterocycles. The molecule has 1 unspecified atom stereocenters. The third kappa shape index (κ3) is 2.16. The molecule has 0 aromatic heterocycles. The van der Waals surface area contributed by atoms with Crippen LogP contribution in [0.1, 0.15) is 5.56 Å². The van der Waals surface area contributed by atoms with Gasteiger partial charge in [0.15, 0.2) is 10.9 Å². The van der Waals surface area contributed by atoms with Crippen LogP contribution in [-0.4, -0.2) is 34.0 Å². The Hall–Kier alpha value is 0.0600. The van der Waals surface area contributed by atoms with Crippen molar-refractivity contribution in [1.82, 2.24) is 4.90 Å². The zero-order valence-electron chi connectivity index (χ0n) is 9.27. The molecule has 98 valence electrons. The van der Waals surface area contributed by atoms with Gasteiger partial charge in [0, 0.05) is 17.9 Å². The first-order valence-electron chi connectivity index (χ1n) is 5.24. The zero-order chi connectivity index (χ0) is 12.0. The first kappa shape index (κ1) is 14.5. The lowest BCUT2D eigenvalue weighted by atomic mass is 10.0. The van der Waals surface area contributed by atoms with E-state index in [9.17, 15) is 5.11 Å². The van der Waals surface area contributed by atoms with Crippen LogP contribution < -0.4 is 0 Å². The molecular formula is C11H11BrCl2N2OS. The molecule has 1 N–H and O–H groups in total. The molecule has 3 rings (SSSR count). The molecule has 7 heteroatoms. The summed E-state index contributed by atoms with van der Waals surface area (Å²) in [6.07, 6.45) is 0. The lowest BCUT2D eigenvalue weighted by molar-refractivity contribution is -0.0500. The predicted octanol–water partition coefficient (Wildman–Crippen LogP) is 3.13. The van der Waals surface area contributed by atoms with Crippen LogP contribution in [0.2, 0.25) is 10.0 Å². The Morgan fingerprint density at radius 3 is 2.83 bits per heavy atom. The topological polar surface area (TPSA) is 35.8 Å². The fourth-order valence-corrected chi connectivity index (χ4v) is 3.44. The maximum Gasteiger partial charge on any atom is 0.186 e. The van der Waals surface area contributed by atoms with E-state index in [1.807, 2.05) is 4.90 Å².